The molecule has 1 aliphatic heterocycles. The standard InChI is InChI=1S/C18H13ClF3N2O5S.K/c19-10-1-2-14(29-18(20,21)22)15(5-10)30(26,27)24-11-6-12-13(25)7-17(3-4-17)9-28-16(12)23-8-11;/h1-2,5-6,8H,3-4,7,9H2;/q-1;+1. The second-order valence-electron chi connectivity index (χ2n) is 7.14. The Morgan fingerprint density at radius 3 is 2.58 bits per heavy atom. The third kappa shape index (κ3) is 5.73. The molecule has 1 aromatic carbocycles. The summed E-state index contributed by atoms with van der Waals surface area (Å²) in [6.07, 6.45) is -2.10. The number of hydrogen-bond donors (Lipinski definition) is 0. The minimum Gasteiger partial charge on any atom is -0.571 e. The first-order valence-corrected chi connectivity index (χ1v) is 10.5. The van der Waals surface area contributed by atoms with Gasteiger partial charge in [-0.25, -0.2) is 13.4 Å². The van der Waals surface area contributed by atoms with Crippen molar-refractivity contribution >= 4 is 33.1 Å². The summed E-state index contributed by atoms with van der Waals surface area (Å²) in [7, 11) is -4.68. The predicted molar refractivity (Wildman–Crippen MR) is 98.7 cm³/mol. The van der Waals surface area contributed by atoms with E-state index in [4.69, 9.17) is 16.3 Å². The van der Waals surface area contributed by atoms with Crippen LogP contribution in [-0.2, 0) is 10.0 Å². The molecular formula is C18H13ClF3KN2O5S. The van der Waals surface area contributed by atoms with Gasteiger partial charge in [0.1, 0.15) is 15.8 Å². The number of carbonyl (C=O) groups is 1. The van der Waals surface area contributed by atoms with Crippen molar-refractivity contribution in [2.75, 3.05) is 6.61 Å². The Kier molecular flexibility index (Phi) is 7.03. The number of rotatable bonds is 4. The average molecular weight is 501 g/mol. The Morgan fingerprint density at radius 1 is 1.23 bits per heavy atom. The van der Waals surface area contributed by atoms with E-state index in [-0.39, 0.29) is 91.2 Å². The van der Waals surface area contributed by atoms with Crippen molar-refractivity contribution in [2.45, 2.75) is 30.5 Å². The largest absolute Gasteiger partial charge is 1.00 e. The van der Waals surface area contributed by atoms with Crippen molar-refractivity contribution in [1.82, 2.24) is 4.98 Å². The quantitative estimate of drug-likeness (QED) is 0.594. The van der Waals surface area contributed by atoms with E-state index in [1.54, 1.807) is 0 Å². The molecule has 4 rings (SSSR count). The molecule has 0 unspecified atom stereocenters. The zero-order valence-electron chi connectivity index (χ0n) is 16.1. The fourth-order valence-electron chi connectivity index (χ4n) is 3.09. The molecule has 7 nitrogen and oxygen atoms in total. The fraction of sp³-hybridized carbons (Fsp3) is 0.333. The number of alkyl halides is 3. The molecule has 1 saturated carbocycles. The molecular weight excluding hydrogens is 488 g/mol. The summed E-state index contributed by atoms with van der Waals surface area (Å²) in [5.74, 6) is -1.16. The number of aromatic nitrogens is 1. The molecule has 0 N–H and O–H groups in total. The first-order valence-electron chi connectivity index (χ1n) is 8.66. The first-order chi connectivity index (χ1) is 14.0. The van der Waals surface area contributed by atoms with Gasteiger partial charge in [0.05, 0.1) is 17.1 Å². The van der Waals surface area contributed by atoms with Crippen LogP contribution in [0.5, 0.6) is 11.6 Å². The van der Waals surface area contributed by atoms with Gasteiger partial charge in [0, 0.05) is 23.1 Å². The van der Waals surface area contributed by atoms with E-state index in [1.807, 2.05) is 0 Å². The van der Waals surface area contributed by atoms with Gasteiger partial charge < -0.3 is 14.2 Å². The summed E-state index contributed by atoms with van der Waals surface area (Å²) >= 11 is 5.75. The van der Waals surface area contributed by atoms with E-state index in [2.05, 4.69) is 14.4 Å². The van der Waals surface area contributed by atoms with Gasteiger partial charge >= 0.3 is 57.7 Å². The molecule has 2 aliphatic rings. The van der Waals surface area contributed by atoms with Crippen molar-refractivity contribution in [1.29, 1.82) is 0 Å². The molecule has 2 aromatic rings. The topological polar surface area (TPSA) is 96.7 Å². The van der Waals surface area contributed by atoms with Crippen LogP contribution < -0.4 is 60.9 Å². The van der Waals surface area contributed by atoms with Crippen LogP contribution in [0.2, 0.25) is 5.02 Å². The maximum Gasteiger partial charge on any atom is 1.00 e. The monoisotopic (exact) mass is 500 g/mol. The number of pyridine rings is 1. The Hall–Kier alpha value is -0.894. The number of halogens is 4. The molecule has 0 radical (unpaired) electrons. The van der Waals surface area contributed by atoms with Gasteiger partial charge in [-0.05, 0) is 31.0 Å². The van der Waals surface area contributed by atoms with Crippen molar-refractivity contribution in [3.63, 3.8) is 0 Å². The van der Waals surface area contributed by atoms with Gasteiger partial charge in [-0.3, -0.25) is 4.79 Å². The number of hydrogen-bond acceptors (Lipinski definition) is 6. The van der Waals surface area contributed by atoms with E-state index in [9.17, 15) is 26.4 Å². The van der Waals surface area contributed by atoms with E-state index in [1.165, 1.54) is 6.07 Å². The number of carbonyl (C=O) groups excluding carboxylic acids is 1. The van der Waals surface area contributed by atoms with Gasteiger partial charge in [0.15, 0.2) is 5.78 Å². The zero-order valence-corrected chi connectivity index (χ0v) is 20.8. The SMILES string of the molecule is O=C1CC2(CC2)COc2ncc([N-]S(=O)(=O)c3cc(Cl)ccc3OC(F)(F)F)cc21.[K+]. The Labute approximate surface area is 223 Å². The fourth-order valence-corrected chi connectivity index (χ4v) is 4.44. The Balaban J connectivity index is 0.00000272. The molecule has 31 heavy (non-hydrogen) atoms. The van der Waals surface area contributed by atoms with Crippen molar-refractivity contribution in [3.8, 4) is 11.6 Å². The van der Waals surface area contributed by atoms with E-state index >= 15 is 0 Å². The molecule has 1 spiro atoms. The van der Waals surface area contributed by atoms with Crippen LogP contribution in [0.3, 0.4) is 0 Å². The molecule has 0 saturated heterocycles. The van der Waals surface area contributed by atoms with Crippen molar-refractivity contribution in [2.24, 2.45) is 5.41 Å². The van der Waals surface area contributed by atoms with Crippen molar-refractivity contribution in [3.05, 3.63) is 45.8 Å². The minimum absolute atomic E-state index is 0. The summed E-state index contributed by atoms with van der Waals surface area (Å²) < 4.78 is 76.1. The van der Waals surface area contributed by atoms with Gasteiger partial charge in [0.25, 0.3) is 0 Å². The normalized spacial score (nSPS) is 17.1. The minimum atomic E-state index is -5.12. The van der Waals surface area contributed by atoms with Crippen LogP contribution in [0.15, 0.2) is 35.4 Å². The number of Topliss-reactive ketones (excluding diaryl/α,β-unsaturated/α-hetero) is 1. The third-order valence-electron chi connectivity index (χ3n) is 4.78. The molecule has 0 atom stereocenters. The maximum absolute atomic E-state index is 12.7. The Bertz CT molecular complexity index is 1140. The van der Waals surface area contributed by atoms with Crippen molar-refractivity contribution < 1.29 is 87.2 Å². The molecule has 13 heteroatoms. The maximum atomic E-state index is 12.7. The second-order valence-corrected chi connectivity index (χ2v) is 9.15. The third-order valence-corrected chi connectivity index (χ3v) is 6.34. The first kappa shape index (κ1) is 24.7. The molecule has 160 valence electrons. The molecule has 1 fully saturated rings. The molecule has 2 heterocycles. The van der Waals surface area contributed by atoms with Crippen LogP contribution in [-0.4, -0.2) is 32.2 Å². The van der Waals surface area contributed by atoms with Gasteiger partial charge in [-0.2, -0.15) is 0 Å². The van der Waals surface area contributed by atoms with E-state index in [0.29, 0.717) is 6.61 Å². The summed E-state index contributed by atoms with van der Waals surface area (Å²) in [4.78, 5) is 15.6. The summed E-state index contributed by atoms with van der Waals surface area (Å²) in [5.41, 5.74) is -0.366. The van der Waals surface area contributed by atoms with Gasteiger partial charge in [-0.1, -0.05) is 17.7 Å². The Morgan fingerprint density at radius 2 is 1.94 bits per heavy atom. The predicted octanol–water partition coefficient (Wildman–Crippen LogP) is 1.78. The number of nitrogens with zero attached hydrogens (tertiary/aromatic N) is 2. The summed E-state index contributed by atoms with van der Waals surface area (Å²) in [5, 5.41) is -0.128. The molecule has 1 aliphatic carbocycles. The number of ether oxygens (including phenoxy) is 2. The molecule has 0 amide bonds. The average Bonchev–Trinajstić information content (AvgIpc) is 3.41. The number of sulfonamides is 1. The summed E-state index contributed by atoms with van der Waals surface area (Å²) in [6.45, 7) is 0.341. The van der Waals surface area contributed by atoms with Crippen LogP contribution in [0.4, 0.5) is 18.9 Å². The van der Waals surface area contributed by atoms with Gasteiger partial charge in [-0.15, -0.1) is 18.9 Å². The number of fused-ring (bicyclic) bond motifs is 1. The molecule has 0 bridgehead atoms. The van der Waals surface area contributed by atoms with Gasteiger partial charge in [0.2, 0.25) is 5.88 Å². The van der Waals surface area contributed by atoms with Crippen LogP contribution in [0.1, 0.15) is 29.6 Å². The second kappa shape index (κ2) is 8.80. The number of benzene rings is 1. The zero-order chi connectivity index (χ0) is 21.7. The smallest absolute Gasteiger partial charge is 0.571 e. The summed E-state index contributed by atoms with van der Waals surface area (Å²) in [6, 6.07) is 3.82. The van der Waals surface area contributed by atoms with Crippen LogP contribution in [0.25, 0.3) is 4.72 Å². The number of ketones is 1. The molecule has 1 aromatic heterocycles. The van der Waals surface area contributed by atoms with Crippen LogP contribution in [0, 0.1) is 5.41 Å². The van der Waals surface area contributed by atoms with E-state index in [0.717, 1.165) is 37.2 Å². The van der Waals surface area contributed by atoms with Crippen LogP contribution >= 0.6 is 11.6 Å². The van der Waals surface area contributed by atoms with E-state index < -0.39 is 27.0 Å².